The molecule has 0 aromatic heterocycles. The van der Waals surface area contributed by atoms with Crippen molar-refractivity contribution in [3.8, 4) is 11.1 Å². The highest BCUT2D eigenvalue weighted by Crippen LogP contribution is 2.32. The minimum atomic E-state index is 0.144. The SMILES string of the molecule is O=C(c1ccc(-c2ccc3c(c2)CCN(C2CCN(C4CCC4)C2)C3=O)cc1)N1CCCCC1. The Morgan fingerprint density at radius 2 is 1.53 bits per heavy atom. The van der Waals surface area contributed by atoms with E-state index in [4.69, 9.17) is 0 Å². The van der Waals surface area contributed by atoms with Crippen LogP contribution in [0.25, 0.3) is 11.1 Å². The van der Waals surface area contributed by atoms with Gasteiger partial charge in [-0.2, -0.15) is 0 Å². The second-order valence-corrected chi connectivity index (χ2v) is 10.6. The average Bonchev–Trinajstić information content (AvgIpc) is 3.32. The maximum atomic E-state index is 13.3. The van der Waals surface area contributed by atoms with Crippen molar-refractivity contribution < 1.29 is 9.59 Å². The van der Waals surface area contributed by atoms with Gasteiger partial charge in [0.2, 0.25) is 0 Å². The summed E-state index contributed by atoms with van der Waals surface area (Å²) in [6, 6.07) is 15.4. The van der Waals surface area contributed by atoms with Crippen molar-refractivity contribution in [2.24, 2.45) is 0 Å². The summed E-state index contributed by atoms with van der Waals surface area (Å²) in [6.07, 6.45) is 9.49. The highest BCUT2D eigenvalue weighted by molar-refractivity contribution is 5.98. The third-order valence-electron chi connectivity index (χ3n) is 8.55. The predicted molar refractivity (Wildman–Crippen MR) is 134 cm³/mol. The predicted octanol–water partition coefficient (Wildman–Crippen LogP) is 4.60. The van der Waals surface area contributed by atoms with Crippen LogP contribution in [-0.2, 0) is 6.42 Å². The molecule has 6 rings (SSSR count). The Balaban J connectivity index is 1.14. The molecule has 178 valence electrons. The molecule has 1 unspecified atom stereocenters. The van der Waals surface area contributed by atoms with Gasteiger partial charge in [-0.05, 0) is 79.8 Å². The number of piperidine rings is 1. The lowest BCUT2D eigenvalue weighted by Gasteiger charge is -2.37. The molecular formula is C29H35N3O2. The summed E-state index contributed by atoms with van der Waals surface area (Å²) in [5.41, 5.74) is 5.01. The fourth-order valence-electron chi connectivity index (χ4n) is 6.23. The minimum absolute atomic E-state index is 0.144. The van der Waals surface area contributed by atoms with Crippen molar-refractivity contribution in [3.05, 3.63) is 59.2 Å². The van der Waals surface area contributed by atoms with E-state index >= 15 is 0 Å². The molecule has 2 aromatic carbocycles. The van der Waals surface area contributed by atoms with E-state index in [0.29, 0.717) is 6.04 Å². The molecule has 4 aliphatic rings. The van der Waals surface area contributed by atoms with Gasteiger partial charge in [-0.25, -0.2) is 0 Å². The second-order valence-electron chi connectivity index (χ2n) is 10.6. The van der Waals surface area contributed by atoms with Gasteiger partial charge in [-0.1, -0.05) is 30.7 Å². The number of carbonyl (C=O) groups excluding carboxylic acids is 2. The number of likely N-dealkylation sites (tertiary alicyclic amines) is 2. The lowest BCUT2D eigenvalue weighted by atomic mass is 9.92. The molecule has 3 aliphatic heterocycles. The first-order chi connectivity index (χ1) is 16.7. The van der Waals surface area contributed by atoms with Gasteiger partial charge >= 0.3 is 0 Å². The highest BCUT2D eigenvalue weighted by atomic mass is 16.2. The fraction of sp³-hybridized carbons (Fsp3) is 0.517. The average molecular weight is 458 g/mol. The van der Waals surface area contributed by atoms with E-state index in [-0.39, 0.29) is 11.8 Å². The Kier molecular flexibility index (Phi) is 5.90. The molecule has 1 saturated carbocycles. The third kappa shape index (κ3) is 4.04. The number of carbonyl (C=O) groups is 2. The number of rotatable bonds is 4. The molecule has 0 N–H and O–H groups in total. The van der Waals surface area contributed by atoms with Crippen LogP contribution in [0.1, 0.15) is 71.2 Å². The van der Waals surface area contributed by atoms with Crippen molar-refractivity contribution in [1.29, 1.82) is 0 Å². The molecule has 2 amide bonds. The van der Waals surface area contributed by atoms with Crippen LogP contribution in [0.4, 0.5) is 0 Å². The molecule has 0 spiro atoms. The molecule has 5 heteroatoms. The molecule has 1 aliphatic carbocycles. The smallest absolute Gasteiger partial charge is 0.254 e. The Morgan fingerprint density at radius 1 is 0.765 bits per heavy atom. The summed E-state index contributed by atoms with van der Waals surface area (Å²) in [4.78, 5) is 32.8. The third-order valence-corrected chi connectivity index (χ3v) is 8.55. The van der Waals surface area contributed by atoms with Gasteiger partial charge < -0.3 is 9.80 Å². The standard InChI is InChI=1S/C29H35N3O2/c33-28(30-15-2-1-3-16-30)22-9-7-21(8-10-22)23-11-12-27-24(19-23)13-18-32(29(27)34)26-14-17-31(20-26)25-5-4-6-25/h7-12,19,25-26H,1-6,13-18,20H2. The van der Waals surface area contributed by atoms with Crippen molar-refractivity contribution in [2.45, 2.75) is 63.5 Å². The maximum Gasteiger partial charge on any atom is 0.254 e. The van der Waals surface area contributed by atoms with E-state index in [1.165, 1.54) is 25.7 Å². The zero-order valence-electron chi connectivity index (χ0n) is 20.0. The molecule has 1 atom stereocenters. The lowest BCUT2D eigenvalue weighted by molar-refractivity contribution is 0.0646. The molecule has 0 bridgehead atoms. The molecule has 2 aromatic rings. The lowest BCUT2D eigenvalue weighted by Crippen LogP contribution is -2.47. The summed E-state index contributed by atoms with van der Waals surface area (Å²) in [7, 11) is 0. The van der Waals surface area contributed by atoms with Gasteiger partial charge in [0.1, 0.15) is 0 Å². The number of fused-ring (bicyclic) bond motifs is 1. The molecule has 0 radical (unpaired) electrons. The Labute approximate surface area is 202 Å². The van der Waals surface area contributed by atoms with E-state index in [0.717, 1.165) is 92.3 Å². The second kappa shape index (κ2) is 9.18. The first-order valence-corrected chi connectivity index (χ1v) is 13.2. The van der Waals surface area contributed by atoms with Crippen LogP contribution in [0.5, 0.6) is 0 Å². The van der Waals surface area contributed by atoms with Crippen molar-refractivity contribution in [3.63, 3.8) is 0 Å². The van der Waals surface area contributed by atoms with Crippen molar-refractivity contribution >= 4 is 11.8 Å². The first-order valence-electron chi connectivity index (χ1n) is 13.2. The zero-order valence-corrected chi connectivity index (χ0v) is 20.0. The van der Waals surface area contributed by atoms with Crippen LogP contribution >= 0.6 is 0 Å². The van der Waals surface area contributed by atoms with Crippen LogP contribution in [0, 0.1) is 0 Å². The molecule has 3 heterocycles. The van der Waals surface area contributed by atoms with Crippen LogP contribution in [0.3, 0.4) is 0 Å². The summed E-state index contributed by atoms with van der Waals surface area (Å²) in [5, 5.41) is 0. The van der Waals surface area contributed by atoms with Gasteiger partial charge in [0.05, 0.1) is 0 Å². The van der Waals surface area contributed by atoms with Crippen LogP contribution in [0.2, 0.25) is 0 Å². The van der Waals surface area contributed by atoms with Crippen LogP contribution in [0.15, 0.2) is 42.5 Å². The van der Waals surface area contributed by atoms with Crippen LogP contribution < -0.4 is 0 Å². The van der Waals surface area contributed by atoms with E-state index < -0.39 is 0 Å². The van der Waals surface area contributed by atoms with Gasteiger partial charge in [0.25, 0.3) is 11.8 Å². The van der Waals surface area contributed by atoms with Gasteiger partial charge in [-0.3, -0.25) is 14.5 Å². The van der Waals surface area contributed by atoms with E-state index in [9.17, 15) is 9.59 Å². The van der Waals surface area contributed by atoms with Crippen LogP contribution in [-0.4, -0.2) is 71.3 Å². The molecule has 2 saturated heterocycles. The van der Waals surface area contributed by atoms with Gasteiger partial charge in [0, 0.05) is 55.9 Å². The number of hydrogen-bond donors (Lipinski definition) is 0. The monoisotopic (exact) mass is 457 g/mol. The Bertz CT molecular complexity index is 1070. The summed E-state index contributed by atoms with van der Waals surface area (Å²) >= 11 is 0. The molecule has 34 heavy (non-hydrogen) atoms. The first kappa shape index (κ1) is 21.8. The van der Waals surface area contributed by atoms with E-state index in [2.05, 4.69) is 21.9 Å². The zero-order chi connectivity index (χ0) is 23.1. The molecular weight excluding hydrogens is 422 g/mol. The topological polar surface area (TPSA) is 43.9 Å². The minimum Gasteiger partial charge on any atom is -0.339 e. The van der Waals surface area contributed by atoms with Gasteiger partial charge in [0.15, 0.2) is 0 Å². The largest absolute Gasteiger partial charge is 0.339 e. The van der Waals surface area contributed by atoms with Gasteiger partial charge in [-0.15, -0.1) is 0 Å². The fourth-order valence-corrected chi connectivity index (χ4v) is 6.23. The van der Waals surface area contributed by atoms with Crippen molar-refractivity contribution in [2.75, 3.05) is 32.7 Å². The number of benzene rings is 2. The number of amides is 2. The number of nitrogens with zero attached hydrogens (tertiary/aromatic N) is 3. The molecule has 5 nitrogen and oxygen atoms in total. The van der Waals surface area contributed by atoms with E-state index in [1.807, 2.05) is 35.2 Å². The summed E-state index contributed by atoms with van der Waals surface area (Å²) < 4.78 is 0. The highest BCUT2D eigenvalue weighted by Gasteiger charge is 2.37. The molecule has 3 fully saturated rings. The summed E-state index contributed by atoms with van der Waals surface area (Å²) in [6.45, 7) is 4.75. The normalized spacial score (nSPS) is 23.6. The quantitative estimate of drug-likeness (QED) is 0.674. The van der Waals surface area contributed by atoms with Crippen molar-refractivity contribution in [1.82, 2.24) is 14.7 Å². The summed E-state index contributed by atoms with van der Waals surface area (Å²) in [5.74, 6) is 0.348. The maximum absolute atomic E-state index is 13.3. The Morgan fingerprint density at radius 3 is 2.26 bits per heavy atom. The number of hydrogen-bond acceptors (Lipinski definition) is 3. The Hall–Kier alpha value is -2.66. The van der Waals surface area contributed by atoms with E-state index in [1.54, 1.807) is 0 Å².